The van der Waals surface area contributed by atoms with Gasteiger partial charge in [-0.2, -0.15) is 11.8 Å². The van der Waals surface area contributed by atoms with Gasteiger partial charge in [-0.15, -0.1) is 0 Å². The van der Waals surface area contributed by atoms with Gasteiger partial charge in [-0.1, -0.05) is 152 Å². The summed E-state index contributed by atoms with van der Waals surface area (Å²) in [4.78, 5) is 26.2. The normalized spacial score (nSPS) is 15.1. The molecular formula is C48H39NO4SSi. The van der Waals surface area contributed by atoms with E-state index in [1.54, 1.807) is 0 Å². The van der Waals surface area contributed by atoms with Crippen LogP contribution in [0.5, 0.6) is 5.75 Å². The van der Waals surface area contributed by atoms with E-state index in [1.807, 2.05) is 12.1 Å². The molecule has 270 valence electrons. The summed E-state index contributed by atoms with van der Waals surface area (Å²) in [7, 11) is -1.62. The number of carboxylic acids is 1. The Morgan fingerprint density at radius 2 is 1.16 bits per heavy atom. The first-order valence-corrected chi connectivity index (χ1v) is 21.1. The van der Waals surface area contributed by atoms with Crippen LogP contribution in [-0.2, 0) is 9.59 Å². The Labute approximate surface area is 327 Å². The lowest BCUT2D eigenvalue weighted by Gasteiger charge is -2.32. The number of nitrogens with zero attached hydrogens (tertiary/aromatic N) is 1. The molecule has 6 aromatic carbocycles. The summed E-state index contributed by atoms with van der Waals surface area (Å²) in [5, 5.41) is 12.9. The lowest BCUT2D eigenvalue weighted by molar-refractivity contribution is -0.136. The van der Waals surface area contributed by atoms with Crippen LogP contribution in [-0.4, -0.2) is 42.1 Å². The number of allylic oxidation sites excluding steroid dienone is 2. The Kier molecular flexibility index (Phi) is 10.8. The number of benzene rings is 6. The third kappa shape index (κ3) is 7.54. The maximum Gasteiger partial charge on any atom is 0.312 e. The van der Waals surface area contributed by atoms with Crippen LogP contribution < -0.4 is 14.8 Å². The second-order valence-corrected chi connectivity index (χ2v) is 16.9. The molecule has 1 unspecified atom stereocenters. The number of carbonyl (C=O) groups is 2. The zero-order chi connectivity index (χ0) is 37.6. The predicted molar refractivity (Wildman–Crippen MR) is 227 cm³/mol. The van der Waals surface area contributed by atoms with Crippen molar-refractivity contribution >= 4 is 59.3 Å². The van der Waals surface area contributed by atoms with Gasteiger partial charge in [-0.3, -0.25) is 9.59 Å². The highest BCUT2D eigenvalue weighted by Crippen LogP contribution is 2.55. The Hall–Kier alpha value is -6.02. The van der Waals surface area contributed by atoms with E-state index in [-0.39, 0.29) is 24.9 Å². The van der Waals surface area contributed by atoms with Gasteiger partial charge in [0.1, 0.15) is 5.75 Å². The standard InChI is InChI=1S/C48H39NO4SSi/c50-41(51)30-32-54-33-31-42(52)53-39-28-26-35(27-29-39)44-46-48(55(40-24-14-5-15-25-40)47(44)37-20-10-3-11-21-37)43(34-16-6-1-7-17-34)45(36-18-8-2-9-19-36)49(46)38-22-12-4-13-23-38/h1-29,45H,30-33H2,(H,50,51). The summed E-state index contributed by atoms with van der Waals surface area (Å²) < 4.78 is 5.78. The molecule has 0 aliphatic carbocycles. The predicted octanol–water partition coefficient (Wildman–Crippen LogP) is 9.37. The lowest BCUT2D eigenvalue weighted by Crippen LogP contribution is -2.30. The summed E-state index contributed by atoms with van der Waals surface area (Å²) in [6.07, 6.45) is 0.283. The zero-order valence-electron chi connectivity index (χ0n) is 30.2. The zero-order valence-corrected chi connectivity index (χ0v) is 32.0. The molecule has 0 amide bonds. The fraction of sp³-hybridized carbons (Fsp3) is 0.104. The van der Waals surface area contributed by atoms with Crippen LogP contribution in [0.4, 0.5) is 5.69 Å². The number of thioether (sulfide) groups is 1. The van der Waals surface area contributed by atoms with Crippen LogP contribution in [0.2, 0.25) is 0 Å². The number of esters is 1. The molecule has 0 fully saturated rings. The van der Waals surface area contributed by atoms with Crippen molar-refractivity contribution in [2.45, 2.75) is 18.9 Å². The van der Waals surface area contributed by atoms with E-state index in [9.17, 15) is 9.59 Å². The molecule has 1 N–H and O–H groups in total. The van der Waals surface area contributed by atoms with Crippen molar-refractivity contribution in [2.75, 3.05) is 16.4 Å². The van der Waals surface area contributed by atoms with E-state index < -0.39 is 14.4 Å². The number of para-hydroxylation sites is 1. The average Bonchev–Trinajstić information content (AvgIpc) is 3.75. The number of rotatable bonds is 13. The van der Waals surface area contributed by atoms with Crippen LogP contribution in [0, 0.1) is 0 Å². The first-order chi connectivity index (χ1) is 27.1. The van der Waals surface area contributed by atoms with Crippen LogP contribution in [0.3, 0.4) is 0 Å². The van der Waals surface area contributed by atoms with Crippen molar-refractivity contribution in [3.8, 4) is 5.75 Å². The average molecular weight is 754 g/mol. The van der Waals surface area contributed by atoms with Gasteiger partial charge in [-0.05, 0) is 67.6 Å². The van der Waals surface area contributed by atoms with E-state index in [0.717, 1.165) is 11.3 Å². The molecule has 5 nitrogen and oxygen atoms in total. The first kappa shape index (κ1) is 36.0. The third-order valence-electron chi connectivity index (χ3n) is 9.91. The molecule has 0 saturated carbocycles. The fourth-order valence-corrected chi connectivity index (χ4v) is 11.8. The molecule has 8 rings (SSSR count). The lowest BCUT2D eigenvalue weighted by atomic mass is 9.93. The molecule has 6 aromatic rings. The second-order valence-electron chi connectivity index (χ2n) is 13.4. The summed E-state index contributed by atoms with van der Waals surface area (Å²) >= 11 is 1.44. The first-order valence-electron chi connectivity index (χ1n) is 18.5. The monoisotopic (exact) mass is 753 g/mol. The van der Waals surface area contributed by atoms with E-state index in [2.05, 4.69) is 169 Å². The number of hydrogen-bond acceptors (Lipinski definition) is 5. The SMILES string of the molecule is O=C(O)CCSCCC(=O)Oc1ccc(C2=C3C(=C(c4ccccc4)C(c4ccccc4)N3c3ccccc3)[Si](c3ccccc3)=C2c2ccccc2)cc1. The minimum Gasteiger partial charge on any atom is -0.481 e. The quantitative estimate of drug-likeness (QED) is 0.0549. The van der Waals surface area contributed by atoms with Gasteiger partial charge in [0, 0.05) is 22.8 Å². The highest BCUT2D eigenvalue weighted by atomic mass is 32.2. The number of aliphatic carboxylic acids is 1. The van der Waals surface area contributed by atoms with Gasteiger partial charge in [0.2, 0.25) is 0 Å². The molecule has 0 aromatic heterocycles. The second kappa shape index (κ2) is 16.6. The van der Waals surface area contributed by atoms with Gasteiger partial charge in [0.05, 0.1) is 33.0 Å². The molecule has 0 radical (unpaired) electrons. The molecule has 2 aliphatic rings. The number of carboxylic acid groups (broad SMARTS) is 1. The van der Waals surface area contributed by atoms with Crippen molar-refractivity contribution in [2.24, 2.45) is 0 Å². The summed E-state index contributed by atoms with van der Waals surface area (Å²) in [5.74, 6) is 0.291. The Morgan fingerprint density at radius 3 is 1.78 bits per heavy atom. The van der Waals surface area contributed by atoms with Crippen molar-refractivity contribution in [3.05, 3.63) is 209 Å². The van der Waals surface area contributed by atoms with Crippen LogP contribution >= 0.6 is 11.8 Å². The summed E-state index contributed by atoms with van der Waals surface area (Å²) in [6, 6.07) is 62.1. The molecule has 0 spiro atoms. The summed E-state index contributed by atoms with van der Waals surface area (Å²) in [5.41, 5.74) is 9.49. The van der Waals surface area contributed by atoms with Crippen LogP contribution in [0.1, 0.15) is 41.1 Å². The highest BCUT2D eigenvalue weighted by Gasteiger charge is 2.46. The Bertz CT molecular complexity index is 2400. The molecular weight excluding hydrogens is 715 g/mol. The van der Waals surface area contributed by atoms with Crippen molar-refractivity contribution in [1.82, 2.24) is 0 Å². The molecule has 0 bridgehead atoms. The number of anilines is 1. The number of ether oxygens (including phenoxy) is 1. The number of hydrogen-bond donors (Lipinski definition) is 1. The van der Waals surface area contributed by atoms with Gasteiger partial charge in [-0.25, -0.2) is 0 Å². The van der Waals surface area contributed by atoms with Crippen molar-refractivity contribution in [1.29, 1.82) is 0 Å². The van der Waals surface area contributed by atoms with Gasteiger partial charge >= 0.3 is 11.9 Å². The molecule has 0 saturated heterocycles. The van der Waals surface area contributed by atoms with Crippen LogP contribution in [0.25, 0.3) is 11.1 Å². The van der Waals surface area contributed by atoms with Gasteiger partial charge < -0.3 is 14.7 Å². The van der Waals surface area contributed by atoms with Crippen molar-refractivity contribution in [3.63, 3.8) is 0 Å². The van der Waals surface area contributed by atoms with E-state index in [1.165, 1.54) is 60.8 Å². The van der Waals surface area contributed by atoms with E-state index in [0.29, 0.717) is 17.3 Å². The largest absolute Gasteiger partial charge is 0.481 e. The van der Waals surface area contributed by atoms with E-state index in [4.69, 9.17) is 9.84 Å². The molecule has 7 heteroatoms. The minimum atomic E-state index is -1.62. The molecule has 1 atom stereocenters. The Balaban J connectivity index is 1.35. The maximum absolute atomic E-state index is 12.8. The number of carbonyl (C=O) groups excluding carboxylic acids is 1. The highest BCUT2D eigenvalue weighted by molar-refractivity contribution is 7.99. The topological polar surface area (TPSA) is 66.8 Å². The molecule has 2 aliphatic heterocycles. The summed E-state index contributed by atoms with van der Waals surface area (Å²) in [6.45, 7) is 0. The third-order valence-corrected chi connectivity index (χ3v) is 13.9. The van der Waals surface area contributed by atoms with Crippen molar-refractivity contribution < 1.29 is 19.4 Å². The molecule has 2 heterocycles. The number of fused-ring (bicyclic) bond motifs is 1. The van der Waals surface area contributed by atoms with Gasteiger partial charge in [0.15, 0.2) is 0 Å². The minimum absolute atomic E-state index is 0.0752. The fourth-order valence-electron chi connectivity index (χ4n) is 7.60. The maximum atomic E-state index is 12.8. The van der Waals surface area contributed by atoms with Crippen LogP contribution in [0.15, 0.2) is 187 Å². The molecule has 55 heavy (non-hydrogen) atoms. The van der Waals surface area contributed by atoms with E-state index >= 15 is 0 Å². The Morgan fingerprint density at radius 1 is 0.618 bits per heavy atom. The smallest absolute Gasteiger partial charge is 0.312 e. The van der Waals surface area contributed by atoms with Gasteiger partial charge in [0.25, 0.3) is 0 Å².